The van der Waals surface area contributed by atoms with Crippen LogP contribution in [-0.4, -0.2) is 30.4 Å². The van der Waals surface area contributed by atoms with Gasteiger partial charge in [-0.3, -0.25) is 4.79 Å². The van der Waals surface area contributed by atoms with E-state index in [-0.39, 0.29) is 29.3 Å². The van der Waals surface area contributed by atoms with Crippen molar-refractivity contribution in [1.29, 1.82) is 0 Å². The Morgan fingerprint density at radius 1 is 1.25 bits per heavy atom. The van der Waals surface area contributed by atoms with Gasteiger partial charge in [-0.2, -0.15) is 0 Å². The number of methoxy groups -OCH3 is 1. The average Bonchev–Trinajstić information content (AvgIpc) is 3.06. The summed E-state index contributed by atoms with van der Waals surface area (Å²) in [6.45, 7) is 4.02. The van der Waals surface area contributed by atoms with Crippen LogP contribution in [0.15, 0.2) is 18.2 Å². The number of esters is 1. The van der Waals surface area contributed by atoms with E-state index in [9.17, 15) is 9.90 Å². The second-order valence-corrected chi connectivity index (χ2v) is 9.91. The molecule has 4 aliphatic carbocycles. The highest BCUT2D eigenvalue weighted by molar-refractivity contribution is 5.67. The molecule has 1 aromatic rings. The van der Waals surface area contributed by atoms with Crippen molar-refractivity contribution < 1.29 is 19.4 Å². The zero-order valence-corrected chi connectivity index (χ0v) is 17.3. The number of hydrogen-bond acceptors (Lipinski definition) is 4. The number of rotatable bonds is 3. The lowest BCUT2D eigenvalue weighted by Gasteiger charge is -2.57. The molecule has 28 heavy (non-hydrogen) atoms. The van der Waals surface area contributed by atoms with E-state index in [0.29, 0.717) is 11.8 Å². The van der Waals surface area contributed by atoms with Gasteiger partial charge in [0, 0.05) is 24.9 Å². The maximum atomic E-state index is 12.0. The van der Waals surface area contributed by atoms with Crippen LogP contribution in [0.4, 0.5) is 0 Å². The number of ether oxygens (including phenoxy) is 2. The molecule has 0 saturated heterocycles. The summed E-state index contributed by atoms with van der Waals surface area (Å²) < 4.78 is 11.6. The highest BCUT2D eigenvalue weighted by Gasteiger charge is 2.78. The van der Waals surface area contributed by atoms with Crippen LogP contribution in [0.1, 0.15) is 69.4 Å². The smallest absolute Gasteiger partial charge is 0.303 e. The Morgan fingerprint density at radius 3 is 2.79 bits per heavy atom. The van der Waals surface area contributed by atoms with Crippen molar-refractivity contribution in [2.75, 3.05) is 13.7 Å². The zero-order valence-electron chi connectivity index (χ0n) is 17.3. The fourth-order valence-electron chi connectivity index (χ4n) is 8.37. The Kier molecular flexibility index (Phi) is 3.94. The molecular weight excluding hydrogens is 352 g/mol. The Bertz CT molecular complexity index is 819. The molecule has 0 radical (unpaired) electrons. The number of carbonyl (C=O) groups is 1. The van der Waals surface area contributed by atoms with Gasteiger partial charge in [-0.1, -0.05) is 13.0 Å². The standard InChI is InChI=1S/C24H32O4/c1-15(26)28-24-11-10-23(13-17(24)14-25)21-7-4-16-12-18(27-3)5-6-19(16)20(21)8-9-22(23,24)2/h5-6,12,17,20-21,25H,4,7-11,13-14H2,1-3H3/t17-,20+,21+,22-,23-,24-/m0/s1. The molecule has 4 nitrogen and oxygen atoms in total. The molecule has 3 fully saturated rings. The molecule has 4 heteroatoms. The van der Waals surface area contributed by atoms with Gasteiger partial charge in [0.1, 0.15) is 11.4 Å². The molecule has 1 aromatic carbocycles. The summed E-state index contributed by atoms with van der Waals surface area (Å²) in [7, 11) is 1.74. The van der Waals surface area contributed by atoms with Crippen LogP contribution in [0.5, 0.6) is 5.75 Å². The van der Waals surface area contributed by atoms with Gasteiger partial charge in [0.15, 0.2) is 0 Å². The zero-order chi connectivity index (χ0) is 19.7. The molecule has 0 amide bonds. The molecule has 0 aliphatic heterocycles. The van der Waals surface area contributed by atoms with E-state index < -0.39 is 5.60 Å². The third-order valence-electron chi connectivity index (χ3n) is 9.42. The number of benzene rings is 1. The molecule has 3 saturated carbocycles. The van der Waals surface area contributed by atoms with Crippen molar-refractivity contribution in [3.8, 4) is 5.75 Å². The highest BCUT2D eigenvalue weighted by atomic mass is 16.6. The first-order valence-corrected chi connectivity index (χ1v) is 10.9. The highest BCUT2D eigenvalue weighted by Crippen LogP contribution is 2.79. The molecule has 152 valence electrons. The fraction of sp³-hybridized carbons (Fsp3) is 0.708. The lowest BCUT2D eigenvalue weighted by Crippen LogP contribution is -2.54. The van der Waals surface area contributed by atoms with Crippen LogP contribution >= 0.6 is 0 Å². The maximum Gasteiger partial charge on any atom is 0.303 e. The van der Waals surface area contributed by atoms with Crippen LogP contribution in [0.3, 0.4) is 0 Å². The summed E-state index contributed by atoms with van der Waals surface area (Å²) in [5.74, 6) is 2.02. The van der Waals surface area contributed by atoms with E-state index in [2.05, 4.69) is 25.1 Å². The minimum absolute atomic E-state index is 0.0236. The molecule has 4 aliphatic rings. The van der Waals surface area contributed by atoms with Gasteiger partial charge in [-0.15, -0.1) is 0 Å². The Labute approximate surface area is 167 Å². The third kappa shape index (κ3) is 2.03. The van der Waals surface area contributed by atoms with Gasteiger partial charge in [-0.05, 0) is 85.5 Å². The van der Waals surface area contributed by atoms with Crippen molar-refractivity contribution in [3.05, 3.63) is 29.3 Å². The van der Waals surface area contributed by atoms with E-state index in [1.165, 1.54) is 24.5 Å². The maximum absolute atomic E-state index is 12.0. The second-order valence-electron chi connectivity index (χ2n) is 9.91. The molecular formula is C24H32O4. The van der Waals surface area contributed by atoms with Gasteiger partial charge in [0.25, 0.3) is 0 Å². The van der Waals surface area contributed by atoms with Crippen LogP contribution in [0, 0.1) is 22.7 Å². The van der Waals surface area contributed by atoms with E-state index in [0.717, 1.165) is 44.3 Å². The topological polar surface area (TPSA) is 55.8 Å². The van der Waals surface area contributed by atoms with E-state index in [4.69, 9.17) is 9.47 Å². The van der Waals surface area contributed by atoms with Crippen LogP contribution in [-0.2, 0) is 16.0 Å². The molecule has 2 bridgehead atoms. The predicted octanol–water partition coefficient (Wildman–Crippen LogP) is 4.24. The summed E-state index contributed by atoms with van der Waals surface area (Å²) in [5, 5.41) is 10.2. The van der Waals surface area contributed by atoms with Crippen molar-refractivity contribution in [3.63, 3.8) is 0 Å². The van der Waals surface area contributed by atoms with Gasteiger partial charge in [-0.25, -0.2) is 0 Å². The molecule has 1 N–H and O–H groups in total. The Morgan fingerprint density at radius 2 is 2.07 bits per heavy atom. The number of aliphatic hydroxyl groups is 1. The van der Waals surface area contributed by atoms with Gasteiger partial charge >= 0.3 is 5.97 Å². The average molecular weight is 385 g/mol. The third-order valence-corrected chi connectivity index (χ3v) is 9.42. The molecule has 6 atom stereocenters. The summed E-state index contributed by atoms with van der Waals surface area (Å²) in [6.07, 6.45) is 7.53. The summed E-state index contributed by atoms with van der Waals surface area (Å²) >= 11 is 0. The van der Waals surface area contributed by atoms with Crippen molar-refractivity contribution in [2.24, 2.45) is 22.7 Å². The Hall–Kier alpha value is -1.55. The van der Waals surface area contributed by atoms with Gasteiger partial charge in [0.05, 0.1) is 7.11 Å². The summed E-state index contributed by atoms with van der Waals surface area (Å²) in [6, 6.07) is 6.62. The minimum Gasteiger partial charge on any atom is -0.497 e. The normalized spacial score (nSPS) is 43.1. The van der Waals surface area contributed by atoms with E-state index in [1.54, 1.807) is 7.11 Å². The lowest BCUT2D eigenvalue weighted by molar-refractivity contribution is -0.182. The molecule has 0 heterocycles. The fourth-order valence-corrected chi connectivity index (χ4v) is 8.37. The Balaban J connectivity index is 1.58. The first kappa shape index (κ1) is 18.5. The van der Waals surface area contributed by atoms with Gasteiger partial charge < -0.3 is 14.6 Å². The van der Waals surface area contributed by atoms with Crippen molar-refractivity contribution in [1.82, 2.24) is 0 Å². The number of carbonyl (C=O) groups excluding carboxylic acids is 1. The SMILES string of the molecule is COc1ccc2c(c1)CC[C@@H]1[C@@H]2CC[C@@]2(C)[C@]13CC[C@]2(OC(C)=O)[C@H](CO)C3. The van der Waals surface area contributed by atoms with Crippen LogP contribution in [0.2, 0.25) is 0 Å². The quantitative estimate of drug-likeness (QED) is 0.792. The largest absolute Gasteiger partial charge is 0.497 e. The molecule has 0 unspecified atom stereocenters. The first-order valence-electron chi connectivity index (χ1n) is 10.9. The second kappa shape index (κ2) is 5.98. The predicted molar refractivity (Wildman–Crippen MR) is 106 cm³/mol. The van der Waals surface area contributed by atoms with Crippen molar-refractivity contribution in [2.45, 2.75) is 70.3 Å². The summed E-state index contributed by atoms with van der Waals surface area (Å²) in [4.78, 5) is 12.0. The molecule has 0 aromatic heterocycles. The van der Waals surface area contributed by atoms with Gasteiger partial charge in [0.2, 0.25) is 0 Å². The summed E-state index contributed by atoms with van der Waals surface area (Å²) in [5.41, 5.74) is 2.63. The minimum atomic E-state index is -0.473. The molecule has 0 spiro atoms. The van der Waals surface area contributed by atoms with Crippen LogP contribution in [0.25, 0.3) is 0 Å². The number of aryl methyl sites for hydroxylation is 1. The van der Waals surface area contributed by atoms with Crippen LogP contribution < -0.4 is 4.74 Å². The first-order chi connectivity index (χ1) is 13.4. The van der Waals surface area contributed by atoms with E-state index in [1.807, 2.05) is 0 Å². The lowest BCUT2D eigenvalue weighted by atomic mass is 9.48. The molecule has 5 rings (SSSR count). The van der Waals surface area contributed by atoms with Crippen molar-refractivity contribution >= 4 is 5.97 Å². The number of fused-ring (bicyclic) bond motifs is 3. The monoisotopic (exact) mass is 384 g/mol. The number of hydrogen-bond donors (Lipinski definition) is 1. The number of aliphatic hydroxyl groups excluding tert-OH is 1. The van der Waals surface area contributed by atoms with E-state index >= 15 is 0 Å².